The van der Waals surface area contributed by atoms with Gasteiger partial charge in [0, 0.05) is 67.4 Å². The molecule has 5 rings (SSSR count). The Morgan fingerprint density at radius 3 is 2.54 bits per heavy atom. The lowest BCUT2D eigenvalue weighted by atomic mass is 9.68. The normalized spacial score (nSPS) is 17.7. The average molecular weight is 566 g/mol. The molecule has 0 atom stereocenters. The summed E-state index contributed by atoms with van der Waals surface area (Å²) in [6.07, 6.45) is 6.63. The Morgan fingerprint density at radius 1 is 1.07 bits per heavy atom. The molecule has 2 aliphatic rings. The molecule has 7 nitrogen and oxygen atoms in total. The second-order valence-corrected chi connectivity index (χ2v) is 12.3. The van der Waals surface area contributed by atoms with Gasteiger partial charge < -0.3 is 9.26 Å². The van der Waals surface area contributed by atoms with Crippen molar-refractivity contribution >= 4 is 11.6 Å². The van der Waals surface area contributed by atoms with Crippen LogP contribution in [0.3, 0.4) is 0 Å². The number of carbonyl (C=O) groups is 2. The van der Waals surface area contributed by atoms with Crippen LogP contribution in [-0.2, 0) is 10.2 Å². The van der Waals surface area contributed by atoms with Crippen molar-refractivity contribution in [2.24, 2.45) is 5.41 Å². The van der Waals surface area contributed by atoms with E-state index in [4.69, 9.17) is 9.26 Å². The zero-order valence-electron chi connectivity index (χ0n) is 23.9. The van der Waals surface area contributed by atoms with E-state index in [1.54, 1.807) is 13.2 Å². The Morgan fingerprint density at radius 2 is 1.83 bits per heavy atom. The minimum absolute atomic E-state index is 0.0309. The van der Waals surface area contributed by atoms with Gasteiger partial charge in [-0.15, -0.1) is 0 Å². The molecule has 0 unspecified atom stereocenters. The highest BCUT2D eigenvalue weighted by Crippen LogP contribution is 2.43. The van der Waals surface area contributed by atoms with Gasteiger partial charge in [0.25, 0.3) is 0 Å². The number of ketones is 2. The van der Waals surface area contributed by atoms with Gasteiger partial charge in [0.2, 0.25) is 5.88 Å². The van der Waals surface area contributed by atoms with Crippen LogP contribution in [0.1, 0.15) is 81.4 Å². The first-order valence-corrected chi connectivity index (χ1v) is 14.3. The van der Waals surface area contributed by atoms with Crippen molar-refractivity contribution in [1.82, 2.24) is 15.0 Å². The first kappa shape index (κ1) is 29.0. The number of aromatic nitrogens is 2. The number of nitrogens with zero attached hydrogens (tertiary/aromatic N) is 3. The first-order valence-electron chi connectivity index (χ1n) is 14.3. The number of likely N-dealkylation sites (tertiary alicyclic amines) is 1. The van der Waals surface area contributed by atoms with Crippen LogP contribution in [0.4, 0.5) is 8.78 Å². The molecule has 9 heteroatoms. The van der Waals surface area contributed by atoms with Crippen LogP contribution in [-0.4, -0.2) is 52.8 Å². The van der Waals surface area contributed by atoms with Crippen LogP contribution >= 0.6 is 0 Å². The minimum Gasteiger partial charge on any atom is -0.481 e. The van der Waals surface area contributed by atoms with Gasteiger partial charge in [-0.1, -0.05) is 44.3 Å². The fourth-order valence-electron chi connectivity index (χ4n) is 6.43. The first-order chi connectivity index (χ1) is 19.6. The number of hydrogen-bond acceptors (Lipinski definition) is 7. The predicted octanol–water partition coefficient (Wildman–Crippen LogP) is 6.56. The third-order valence-electron chi connectivity index (χ3n) is 8.53. The number of Topliss-reactive ketones (excluding diaryl/α,β-unsaturated/α-hetero) is 2. The van der Waals surface area contributed by atoms with Crippen LogP contribution in [0, 0.1) is 17.0 Å². The molecule has 3 aromatic rings. The van der Waals surface area contributed by atoms with Gasteiger partial charge in [-0.25, -0.2) is 13.8 Å². The molecular weight excluding hydrogens is 528 g/mol. The van der Waals surface area contributed by atoms with Crippen LogP contribution < -0.4 is 4.74 Å². The molecule has 2 aromatic heterocycles. The molecule has 2 fully saturated rings. The highest BCUT2D eigenvalue weighted by atomic mass is 19.1. The standard InChI is InChI=1S/C32H37F2N3O4/c1-31(2,29-10-7-11-30(35-29)40-3)16-23(38)17-32(19-37(20-32)22-8-5-4-6-9-22)18-27(39)26-15-28(41-36-26)24-13-12-21(33)14-25(24)34/h7,10-15,22H,4-6,8-9,16-20H2,1-3H3. The number of rotatable bonds is 11. The summed E-state index contributed by atoms with van der Waals surface area (Å²) < 4.78 is 38.2. The molecular formula is C32H37F2N3O4. The lowest BCUT2D eigenvalue weighted by molar-refractivity contribution is -0.127. The van der Waals surface area contributed by atoms with E-state index in [-0.39, 0.29) is 47.8 Å². The van der Waals surface area contributed by atoms with E-state index >= 15 is 0 Å². The number of carbonyl (C=O) groups excluding carboxylic acids is 2. The molecule has 0 spiro atoms. The van der Waals surface area contributed by atoms with Gasteiger partial charge in [-0.3, -0.25) is 14.5 Å². The number of hydrogen-bond donors (Lipinski definition) is 0. The third-order valence-corrected chi connectivity index (χ3v) is 8.53. The molecule has 0 bridgehead atoms. The molecule has 1 saturated carbocycles. The van der Waals surface area contributed by atoms with E-state index in [1.165, 1.54) is 31.4 Å². The van der Waals surface area contributed by atoms with Crippen molar-refractivity contribution in [3.63, 3.8) is 0 Å². The van der Waals surface area contributed by atoms with Crippen molar-refractivity contribution in [2.45, 2.75) is 76.7 Å². The molecule has 1 aromatic carbocycles. The van der Waals surface area contributed by atoms with Gasteiger partial charge in [0.1, 0.15) is 23.1 Å². The molecule has 0 radical (unpaired) electrons. The predicted molar refractivity (Wildman–Crippen MR) is 150 cm³/mol. The van der Waals surface area contributed by atoms with E-state index in [0.29, 0.717) is 25.0 Å². The smallest absolute Gasteiger partial charge is 0.213 e. The lowest BCUT2D eigenvalue weighted by Gasteiger charge is -2.54. The second kappa shape index (κ2) is 11.8. The Hall–Kier alpha value is -3.46. The van der Waals surface area contributed by atoms with Crippen molar-refractivity contribution < 1.29 is 27.6 Å². The maximum Gasteiger partial charge on any atom is 0.213 e. The van der Waals surface area contributed by atoms with Crippen molar-refractivity contribution in [2.75, 3.05) is 20.2 Å². The third kappa shape index (κ3) is 6.56. The fraction of sp³-hybridized carbons (Fsp3) is 0.500. The van der Waals surface area contributed by atoms with Crippen LogP contribution in [0.25, 0.3) is 11.3 Å². The van der Waals surface area contributed by atoms with Gasteiger partial charge in [0.15, 0.2) is 11.5 Å². The Kier molecular flexibility index (Phi) is 8.36. The van der Waals surface area contributed by atoms with Gasteiger partial charge in [-0.2, -0.15) is 0 Å². The van der Waals surface area contributed by atoms with E-state index in [1.807, 2.05) is 26.0 Å². The zero-order valence-corrected chi connectivity index (χ0v) is 23.9. The quantitative estimate of drug-likeness (QED) is 0.244. The number of halogens is 2. The molecule has 1 aliphatic carbocycles. The number of pyridine rings is 1. The van der Waals surface area contributed by atoms with E-state index in [0.717, 1.165) is 30.7 Å². The van der Waals surface area contributed by atoms with E-state index < -0.39 is 22.5 Å². The van der Waals surface area contributed by atoms with Gasteiger partial charge >= 0.3 is 0 Å². The van der Waals surface area contributed by atoms with E-state index in [9.17, 15) is 18.4 Å². The van der Waals surface area contributed by atoms with Gasteiger partial charge in [-0.05, 0) is 31.0 Å². The summed E-state index contributed by atoms with van der Waals surface area (Å²) in [5, 5.41) is 3.90. The molecule has 41 heavy (non-hydrogen) atoms. The second-order valence-electron chi connectivity index (χ2n) is 12.3. The summed E-state index contributed by atoms with van der Waals surface area (Å²) in [6.45, 7) is 5.32. The number of benzene rings is 1. The molecule has 3 heterocycles. The monoisotopic (exact) mass is 565 g/mol. The minimum atomic E-state index is -0.794. The summed E-state index contributed by atoms with van der Waals surface area (Å²) in [5.41, 5.74) is -0.139. The Bertz CT molecular complexity index is 1410. The van der Waals surface area contributed by atoms with Crippen molar-refractivity contribution in [3.8, 4) is 17.2 Å². The van der Waals surface area contributed by atoms with Crippen molar-refractivity contribution in [1.29, 1.82) is 0 Å². The van der Waals surface area contributed by atoms with Crippen molar-refractivity contribution in [3.05, 3.63) is 65.5 Å². The molecule has 0 amide bonds. The number of methoxy groups -OCH3 is 1. The summed E-state index contributed by atoms with van der Waals surface area (Å²) in [4.78, 5) is 34.0. The number of ether oxygens (including phenoxy) is 1. The average Bonchev–Trinajstić information content (AvgIpc) is 3.42. The Labute approximate surface area is 239 Å². The largest absolute Gasteiger partial charge is 0.481 e. The zero-order chi connectivity index (χ0) is 29.2. The maximum atomic E-state index is 14.3. The topological polar surface area (TPSA) is 85.5 Å². The summed E-state index contributed by atoms with van der Waals surface area (Å²) in [5.74, 6) is -1.12. The molecule has 1 saturated heterocycles. The molecule has 1 aliphatic heterocycles. The highest BCUT2D eigenvalue weighted by Gasteiger charge is 2.48. The SMILES string of the molecule is COc1cccc(C(C)(C)CC(=O)CC2(CC(=O)c3cc(-c4ccc(F)cc4F)on3)CN(C3CCCCC3)C2)n1. The van der Waals surface area contributed by atoms with Gasteiger partial charge in [0.05, 0.1) is 18.4 Å². The van der Waals surface area contributed by atoms with Crippen LogP contribution in [0.5, 0.6) is 5.88 Å². The fourth-order valence-corrected chi connectivity index (χ4v) is 6.43. The Balaban J connectivity index is 1.31. The lowest BCUT2D eigenvalue weighted by Crippen LogP contribution is -2.61. The summed E-state index contributed by atoms with van der Waals surface area (Å²) in [6, 6.07) is 10.6. The highest BCUT2D eigenvalue weighted by molar-refractivity contribution is 5.96. The van der Waals surface area contributed by atoms with Crippen LogP contribution in [0.2, 0.25) is 0 Å². The van der Waals surface area contributed by atoms with E-state index in [2.05, 4.69) is 15.0 Å². The maximum absolute atomic E-state index is 14.3. The summed E-state index contributed by atoms with van der Waals surface area (Å²) >= 11 is 0. The molecule has 0 N–H and O–H groups in total. The van der Waals surface area contributed by atoms with Crippen LogP contribution in [0.15, 0.2) is 47.0 Å². The molecule has 218 valence electrons. The summed E-state index contributed by atoms with van der Waals surface area (Å²) in [7, 11) is 1.56.